The zero-order valence-electron chi connectivity index (χ0n) is 14.4. The van der Waals surface area contributed by atoms with Crippen LogP contribution in [0.15, 0.2) is 41.8 Å². The largest absolute Gasteiger partial charge is 0.491 e. The molecule has 25 heavy (non-hydrogen) atoms. The zero-order chi connectivity index (χ0) is 17.3. The van der Waals surface area contributed by atoms with Gasteiger partial charge in [-0.1, -0.05) is 18.2 Å². The lowest BCUT2D eigenvalue weighted by atomic mass is 10.2. The van der Waals surface area contributed by atoms with Crippen LogP contribution in [-0.4, -0.2) is 25.2 Å². The molecule has 1 fully saturated rings. The van der Waals surface area contributed by atoms with Gasteiger partial charge in [-0.25, -0.2) is 0 Å². The van der Waals surface area contributed by atoms with Crippen LogP contribution in [0.5, 0.6) is 5.75 Å². The topological polar surface area (TPSA) is 47.6 Å². The number of aryl methyl sites for hydroxylation is 1. The molecule has 0 aliphatic carbocycles. The Morgan fingerprint density at radius 3 is 2.88 bits per heavy atom. The van der Waals surface area contributed by atoms with E-state index in [0.29, 0.717) is 19.6 Å². The van der Waals surface area contributed by atoms with Gasteiger partial charge in [-0.2, -0.15) is 0 Å². The molecular weight excluding hydrogens is 334 g/mol. The van der Waals surface area contributed by atoms with Crippen molar-refractivity contribution in [3.8, 4) is 5.75 Å². The maximum Gasteiger partial charge on any atom is 0.220 e. The molecule has 3 rings (SSSR count). The fraction of sp³-hybridized carbons (Fsp3) is 0.450. The van der Waals surface area contributed by atoms with Gasteiger partial charge in [-0.05, 0) is 54.8 Å². The maximum atomic E-state index is 11.9. The lowest BCUT2D eigenvalue weighted by Crippen LogP contribution is -2.22. The minimum atomic E-state index is 0.107. The van der Waals surface area contributed by atoms with E-state index in [-0.39, 0.29) is 12.0 Å². The summed E-state index contributed by atoms with van der Waals surface area (Å²) in [5, 5.41) is 5.05. The summed E-state index contributed by atoms with van der Waals surface area (Å²) in [6.45, 7) is 2.02. The summed E-state index contributed by atoms with van der Waals surface area (Å²) in [5.41, 5.74) is 1.08. The predicted octanol–water partition coefficient (Wildman–Crippen LogP) is 3.95. The SMILES string of the molecule is O=C(CCCc1cccs1)NCc1ccc(OC[C@H]2CCCO2)cc1. The van der Waals surface area contributed by atoms with Crippen molar-refractivity contribution in [3.63, 3.8) is 0 Å². The number of rotatable bonds is 9. The minimum Gasteiger partial charge on any atom is -0.491 e. The fourth-order valence-electron chi connectivity index (χ4n) is 2.84. The van der Waals surface area contributed by atoms with Crippen molar-refractivity contribution in [2.75, 3.05) is 13.2 Å². The van der Waals surface area contributed by atoms with E-state index >= 15 is 0 Å². The number of nitrogens with one attached hydrogen (secondary N) is 1. The van der Waals surface area contributed by atoms with Crippen molar-refractivity contribution in [1.29, 1.82) is 0 Å². The van der Waals surface area contributed by atoms with Crippen LogP contribution < -0.4 is 10.1 Å². The zero-order valence-corrected chi connectivity index (χ0v) is 15.2. The lowest BCUT2D eigenvalue weighted by Gasteiger charge is -2.12. The van der Waals surface area contributed by atoms with Crippen LogP contribution in [0.4, 0.5) is 0 Å². The Morgan fingerprint density at radius 1 is 1.28 bits per heavy atom. The molecular formula is C20H25NO3S. The van der Waals surface area contributed by atoms with Crippen molar-refractivity contribution >= 4 is 17.2 Å². The van der Waals surface area contributed by atoms with Crippen molar-refractivity contribution in [2.45, 2.75) is 44.8 Å². The third-order valence-corrected chi connectivity index (χ3v) is 5.22. The Labute approximate surface area is 153 Å². The Bertz CT molecular complexity index is 633. The summed E-state index contributed by atoms with van der Waals surface area (Å²) in [7, 11) is 0. The van der Waals surface area contributed by atoms with Gasteiger partial charge in [0.05, 0.1) is 6.10 Å². The number of carbonyl (C=O) groups is 1. The van der Waals surface area contributed by atoms with Crippen LogP contribution in [-0.2, 0) is 22.5 Å². The Morgan fingerprint density at radius 2 is 2.16 bits per heavy atom. The van der Waals surface area contributed by atoms with Gasteiger partial charge < -0.3 is 14.8 Å². The number of carbonyl (C=O) groups excluding carboxylic acids is 1. The van der Waals surface area contributed by atoms with E-state index in [2.05, 4.69) is 16.8 Å². The number of thiophene rings is 1. The normalized spacial score (nSPS) is 16.7. The molecule has 0 bridgehead atoms. The van der Waals surface area contributed by atoms with Crippen LogP contribution in [0.1, 0.15) is 36.1 Å². The highest BCUT2D eigenvalue weighted by Gasteiger charge is 2.15. The highest BCUT2D eigenvalue weighted by molar-refractivity contribution is 7.09. The van der Waals surface area contributed by atoms with Gasteiger partial charge in [0.15, 0.2) is 0 Å². The van der Waals surface area contributed by atoms with Gasteiger partial charge in [0, 0.05) is 24.4 Å². The number of benzene rings is 1. The first kappa shape index (κ1) is 18.0. The summed E-state index contributed by atoms with van der Waals surface area (Å²) in [5.74, 6) is 0.955. The maximum absolute atomic E-state index is 11.9. The summed E-state index contributed by atoms with van der Waals surface area (Å²) < 4.78 is 11.3. The van der Waals surface area contributed by atoms with E-state index in [4.69, 9.17) is 9.47 Å². The van der Waals surface area contributed by atoms with Gasteiger partial charge in [-0.3, -0.25) is 4.79 Å². The van der Waals surface area contributed by atoms with E-state index in [0.717, 1.165) is 43.6 Å². The van der Waals surface area contributed by atoms with Crippen LogP contribution in [0.25, 0.3) is 0 Å². The molecule has 2 aromatic rings. The molecule has 1 atom stereocenters. The number of ether oxygens (including phenoxy) is 2. The second-order valence-electron chi connectivity index (χ2n) is 6.30. The Balaban J connectivity index is 1.32. The Kier molecular flexibility index (Phi) is 6.89. The van der Waals surface area contributed by atoms with Crippen LogP contribution in [0.3, 0.4) is 0 Å². The third kappa shape index (κ3) is 6.18. The summed E-state index contributed by atoms with van der Waals surface area (Å²) in [4.78, 5) is 13.3. The Hall–Kier alpha value is -1.85. The molecule has 0 saturated carbocycles. The molecule has 1 aromatic carbocycles. The molecule has 1 amide bonds. The minimum absolute atomic E-state index is 0.107. The van der Waals surface area contributed by atoms with Gasteiger partial charge in [-0.15, -0.1) is 11.3 Å². The van der Waals surface area contributed by atoms with Crippen LogP contribution in [0.2, 0.25) is 0 Å². The monoisotopic (exact) mass is 359 g/mol. The molecule has 1 aliphatic rings. The summed E-state index contributed by atoms with van der Waals surface area (Å²) >= 11 is 1.75. The molecule has 134 valence electrons. The molecule has 2 heterocycles. The van der Waals surface area contributed by atoms with Crippen LogP contribution >= 0.6 is 11.3 Å². The first-order chi connectivity index (χ1) is 12.3. The van der Waals surface area contributed by atoms with E-state index in [9.17, 15) is 4.79 Å². The van der Waals surface area contributed by atoms with Crippen molar-refractivity contribution in [2.24, 2.45) is 0 Å². The molecule has 1 N–H and O–H groups in total. The molecule has 1 aliphatic heterocycles. The number of hydrogen-bond acceptors (Lipinski definition) is 4. The summed E-state index contributed by atoms with van der Waals surface area (Å²) in [6.07, 6.45) is 4.87. The van der Waals surface area contributed by atoms with E-state index in [1.807, 2.05) is 30.3 Å². The highest BCUT2D eigenvalue weighted by atomic mass is 32.1. The second-order valence-corrected chi connectivity index (χ2v) is 7.33. The van der Waals surface area contributed by atoms with Crippen molar-refractivity contribution < 1.29 is 14.3 Å². The molecule has 5 heteroatoms. The third-order valence-electron chi connectivity index (χ3n) is 4.28. The van der Waals surface area contributed by atoms with E-state index in [1.54, 1.807) is 11.3 Å². The summed E-state index contributed by atoms with van der Waals surface area (Å²) in [6, 6.07) is 12.1. The average Bonchev–Trinajstić information content (AvgIpc) is 3.33. The molecule has 0 radical (unpaired) electrons. The first-order valence-electron chi connectivity index (χ1n) is 8.92. The van der Waals surface area contributed by atoms with Crippen LogP contribution in [0, 0.1) is 0 Å². The first-order valence-corrected chi connectivity index (χ1v) is 9.80. The van der Waals surface area contributed by atoms with Crippen molar-refractivity contribution in [1.82, 2.24) is 5.32 Å². The standard InChI is InChI=1S/C20H25NO3S/c22-20(7-1-5-19-6-3-13-25-19)21-14-16-8-10-17(11-9-16)24-15-18-4-2-12-23-18/h3,6,8-11,13,18H,1-2,4-5,7,12,14-15H2,(H,21,22)/t18-/m1/s1. The van der Waals surface area contributed by atoms with Crippen molar-refractivity contribution in [3.05, 3.63) is 52.2 Å². The van der Waals surface area contributed by atoms with Gasteiger partial charge in [0.1, 0.15) is 12.4 Å². The highest BCUT2D eigenvalue weighted by Crippen LogP contribution is 2.17. The molecule has 1 saturated heterocycles. The predicted molar refractivity (Wildman–Crippen MR) is 100 cm³/mol. The smallest absolute Gasteiger partial charge is 0.220 e. The van der Waals surface area contributed by atoms with Gasteiger partial charge >= 0.3 is 0 Å². The number of amides is 1. The molecule has 4 nitrogen and oxygen atoms in total. The molecule has 1 aromatic heterocycles. The second kappa shape index (κ2) is 9.59. The van der Waals surface area contributed by atoms with Gasteiger partial charge in [0.2, 0.25) is 5.91 Å². The fourth-order valence-corrected chi connectivity index (χ4v) is 3.59. The number of hydrogen-bond donors (Lipinski definition) is 1. The lowest BCUT2D eigenvalue weighted by molar-refractivity contribution is -0.121. The molecule has 0 spiro atoms. The van der Waals surface area contributed by atoms with Gasteiger partial charge in [0.25, 0.3) is 0 Å². The van der Waals surface area contributed by atoms with E-state index < -0.39 is 0 Å². The average molecular weight is 359 g/mol. The quantitative estimate of drug-likeness (QED) is 0.737. The molecule has 0 unspecified atom stereocenters. The van der Waals surface area contributed by atoms with E-state index in [1.165, 1.54) is 4.88 Å².